The molecule has 0 aromatic carbocycles. The Labute approximate surface area is 114 Å². The van der Waals surface area contributed by atoms with Crippen LogP contribution in [-0.4, -0.2) is 16.4 Å². The highest BCUT2D eigenvalue weighted by molar-refractivity contribution is 5.94. The second kappa shape index (κ2) is 4.32. The van der Waals surface area contributed by atoms with Gasteiger partial charge in [-0.3, -0.25) is 9.78 Å². The third-order valence-corrected chi connectivity index (χ3v) is 5.44. The van der Waals surface area contributed by atoms with Crippen LogP contribution in [0.25, 0.3) is 0 Å². The van der Waals surface area contributed by atoms with Gasteiger partial charge in [-0.05, 0) is 55.6 Å². The zero-order chi connectivity index (χ0) is 13.5. The van der Waals surface area contributed by atoms with Gasteiger partial charge in [-0.15, -0.1) is 0 Å². The number of hydrogen-bond acceptors (Lipinski definition) is 2. The average Bonchev–Trinajstić information content (AvgIpc) is 2.97. The Morgan fingerprint density at radius 1 is 1.21 bits per heavy atom. The number of nitrogens with one attached hydrogen (secondary N) is 1. The SMILES string of the molecule is CC(C)C12CCC(NC(=O)c3ccncc3)(CC1)C2. The van der Waals surface area contributed by atoms with E-state index in [1.807, 2.05) is 0 Å². The van der Waals surface area contributed by atoms with E-state index in [-0.39, 0.29) is 11.4 Å². The average molecular weight is 258 g/mol. The van der Waals surface area contributed by atoms with Crippen molar-refractivity contribution in [1.82, 2.24) is 10.3 Å². The summed E-state index contributed by atoms with van der Waals surface area (Å²) in [6, 6.07) is 3.57. The zero-order valence-electron chi connectivity index (χ0n) is 11.8. The highest BCUT2D eigenvalue weighted by Crippen LogP contribution is 2.59. The van der Waals surface area contributed by atoms with Crippen LogP contribution in [0.4, 0.5) is 0 Å². The molecule has 3 rings (SSSR count). The van der Waals surface area contributed by atoms with Crippen LogP contribution in [0.5, 0.6) is 0 Å². The molecule has 1 heterocycles. The fourth-order valence-corrected chi connectivity index (χ4v) is 4.02. The molecule has 1 aromatic rings. The number of hydrogen-bond donors (Lipinski definition) is 1. The van der Waals surface area contributed by atoms with Gasteiger partial charge >= 0.3 is 0 Å². The lowest BCUT2D eigenvalue weighted by atomic mass is 9.75. The summed E-state index contributed by atoms with van der Waals surface area (Å²) in [5.74, 6) is 0.776. The summed E-state index contributed by atoms with van der Waals surface area (Å²) in [6.45, 7) is 4.65. The van der Waals surface area contributed by atoms with E-state index in [4.69, 9.17) is 0 Å². The first-order valence-electron chi connectivity index (χ1n) is 7.28. The largest absolute Gasteiger partial charge is 0.347 e. The van der Waals surface area contributed by atoms with Crippen LogP contribution in [0.3, 0.4) is 0 Å². The summed E-state index contributed by atoms with van der Waals surface area (Å²) in [7, 11) is 0. The molecule has 1 amide bonds. The van der Waals surface area contributed by atoms with Gasteiger partial charge in [0, 0.05) is 23.5 Å². The Morgan fingerprint density at radius 2 is 1.84 bits per heavy atom. The van der Waals surface area contributed by atoms with Crippen LogP contribution in [0.2, 0.25) is 0 Å². The van der Waals surface area contributed by atoms with Crippen molar-refractivity contribution in [3.8, 4) is 0 Å². The normalized spacial score (nSPS) is 32.8. The molecule has 0 aliphatic heterocycles. The zero-order valence-corrected chi connectivity index (χ0v) is 11.8. The minimum absolute atomic E-state index is 0.0591. The molecule has 0 atom stereocenters. The van der Waals surface area contributed by atoms with Crippen molar-refractivity contribution < 1.29 is 4.79 Å². The second-order valence-electron chi connectivity index (χ2n) is 6.66. The molecule has 2 fully saturated rings. The maximum atomic E-state index is 12.3. The van der Waals surface area contributed by atoms with Crippen LogP contribution in [0, 0.1) is 11.3 Å². The topological polar surface area (TPSA) is 42.0 Å². The standard InChI is InChI=1S/C16H22N2O/c1-12(2)15-5-7-16(11-15,8-6-15)18-14(19)13-3-9-17-10-4-13/h3-4,9-10,12H,5-8,11H2,1-2H3,(H,18,19). The molecule has 2 aliphatic rings. The lowest BCUT2D eigenvalue weighted by molar-refractivity contribution is 0.0901. The first-order valence-corrected chi connectivity index (χ1v) is 7.28. The van der Waals surface area contributed by atoms with Crippen LogP contribution in [0.1, 0.15) is 56.3 Å². The lowest BCUT2D eigenvalue weighted by Gasteiger charge is -2.31. The minimum atomic E-state index is 0.0591. The molecule has 1 N–H and O–H groups in total. The van der Waals surface area contributed by atoms with E-state index in [9.17, 15) is 4.79 Å². The molecule has 3 nitrogen and oxygen atoms in total. The molecule has 0 unspecified atom stereocenters. The Kier molecular flexibility index (Phi) is 2.88. The van der Waals surface area contributed by atoms with E-state index in [1.165, 1.54) is 12.8 Å². The van der Waals surface area contributed by atoms with Gasteiger partial charge in [-0.25, -0.2) is 0 Å². The molecule has 0 radical (unpaired) electrons. The van der Waals surface area contributed by atoms with Crippen LogP contribution in [0.15, 0.2) is 24.5 Å². The highest BCUT2D eigenvalue weighted by atomic mass is 16.1. The molecular weight excluding hydrogens is 236 g/mol. The molecule has 0 spiro atoms. The van der Waals surface area contributed by atoms with Gasteiger partial charge in [-0.2, -0.15) is 0 Å². The summed E-state index contributed by atoms with van der Waals surface area (Å²) in [5.41, 5.74) is 1.26. The summed E-state index contributed by atoms with van der Waals surface area (Å²) in [4.78, 5) is 16.3. The first-order chi connectivity index (χ1) is 9.05. The molecule has 2 aliphatic carbocycles. The van der Waals surface area contributed by atoms with E-state index < -0.39 is 0 Å². The molecular formula is C16H22N2O. The molecule has 0 saturated heterocycles. The number of pyridine rings is 1. The maximum Gasteiger partial charge on any atom is 0.251 e. The lowest BCUT2D eigenvalue weighted by Crippen LogP contribution is -2.45. The van der Waals surface area contributed by atoms with E-state index in [1.54, 1.807) is 24.5 Å². The van der Waals surface area contributed by atoms with Crippen molar-refractivity contribution in [2.24, 2.45) is 11.3 Å². The van der Waals surface area contributed by atoms with Crippen LogP contribution >= 0.6 is 0 Å². The molecule has 3 heteroatoms. The van der Waals surface area contributed by atoms with E-state index in [0.717, 1.165) is 30.7 Å². The summed E-state index contributed by atoms with van der Waals surface area (Å²) < 4.78 is 0. The number of carbonyl (C=O) groups excluding carboxylic acids is 1. The smallest absolute Gasteiger partial charge is 0.251 e. The minimum Gasteiger partial charge on any atom is -0.347 e. The van der Waals surface area contributed by atoms with Crippen molar-refractivity contribution in [3.05, 3.63) is 30.1 Å². The Hall–Kier alpha value is -1.38. The van der Waals surface area contributed by atoms with Crippen molar-refractivity contribution in [3.63, 3.8) is 0 Å². The van der Waals surface area contributed by atoms with E-state index in [0.29, 0.717) is 5.41 Å². The number of nitrogens with zero attached hydrogens (tertiary/aromatic N) is 1. The predicted molar refractivity (Wildman–Crippen MR) is 74.8 cm³/mol. The summed E-state index contributed by atoms with van der Waals surface area (Å²) >= 11 is 0. The monoisotopic (exact) mass is 258 g/mol. The van der Waals surface area contributed by atoms with E-state index >= 15 is 0 Å². The Morgan fingerprint density at radius 3 is 2.37 bits per heavy atom. The third kappa shape index (κ3) is 2.05. The second-order valence-corrected chi connectivity index (χ2v) is 6.66. The van der Waals surface area contributed by atoms with Crippen molar-refractivity contribution in [2.75, 3.05) is 0 Å². The van der Waals surface area contributed by atoms with Gasteiger partial charge in [0.1, 0.15) is 0 Å². The summed E-state index contributed by atoms with van der Waals surface area (Å²) in [5, 5.41) is 3.31. The Bertz CT molecular complexity index is 473. The van der Waals surface area contributed by atoms with Crippen LogP contribution < -0.4 is 5.32 Å². The van der Waals surface area contributed by atoms with Crippen LogP contribution in [-0.2, 0) is 0 Å². The van der Waals surface area contributed by atoms with Crippen molar-refractivity contribution >= 4 is 5.91 Å². The first kappa shape index (κ1) is 12.6. The van der Waals surface area contributed by atoms with Gasteiger partial charge in [0.05, 0.1) is 0 Å². The molecule has 102 valence electrons. The van der Waals surface area contributed by atoms with E-state index in [2.05, 4.69) is 24.1 Å². The number of aromatic nitrogens is 1. The van der Waals surface area contributed by atoms with Gasteiger partial charge in [0.25, 0.3) is 5.91 Å². The predicted octanol–water partition coefficient (Wildman–Crippen LogP) is 3.17. The van der Waals surface area contributed by atoms with Crippen molar-refractivity contribution in [2.45, 2.75) is 51.5 Å². The molecule has 2 bridgehead atoms. The fraction of sp³-hybridized carbons (Fsp3) is 0.625. The number of rotatable bonds is 3. The number of carbonyl (C=O) groups is 1. The fourth-order valence-electron chi connectivity index (χ4n) is 4.02. The van der Waals surface area contributed by atoms with Gasteiger partial charge < -0.3 is 5.32 Å². The molecule has 1 aromatic heterocycles. The number of amides is 1. The third-order valence-electron chi connectivity index (χ3n) is 5.44. The summed E-state index contributed by atoms with van der Waals surface area (Å²) in [6.07, 6.45) is 9.32. The Balaban J connectivity index is 1.74. The number of fused-ring (bicyclic) bond motifs is 2. The van der Waals surface area contributed by atoms with Gasteiger partial charge in [-0.1, -0.05) is 13.8 Å². The van der Waals surface area contributed by atoms with Gasteiger partial charge in [0.15, 0.2) is 0 Å². The molecule has 2 saturated carbocycles. The molecule has 19 heavy (non-hydrogen) atoms. The van der Waals surface area contributed by atoms with Gasteiger partial charge in [0.2, 0.25) is 0 Å². The maximum absolute atomic E-state index is 12.3. The van der Waals surface area contributed by atoms with Crippen molar-refractivity contribution in [1.29, 1.82) is 0 Å². The quantitative estimate of drug-likeness (QED) is 0.904. The highest BCUT2D eigenvalue weighted by Gasteiger charge is 2.55.